The van der Waals surface area contributed by atoms with Crippen molar-refractivity contribution < 1.29 is 4.79 Å². The van der Waals surface area contributed by atoms with Gasteiger partial charge in [-0.1, -0.05) is 32.9 Å². The highest BCUT2D eigenvalue weighted by atomic mass is 16.1. The van der Waals surface area contributed by atoms with Gasteiger partial charge in [-0.25, -0.2) is 9.97 Å². The summed E-state index contributed by atoms with van der Waals surface area (Å²) in [5.74, 6) is 0.975. The molecule has 6 heteroatoms. The van der Waals surface area contributed by atoms with Crippen molar-refractivity contribution in [2.24, 2.45) is 0 Å². The molecule has 1 fully saturated rings. The Balaban J connectivity index is 1.60. The smallest absolute Gasteiger partial charge is 0.258 e. The number of rotatable bonds is 5. The van der Waals surface area contributed by atoms with Gasteiger partial charge in [0.15, 0.2) is 0 Å². The van der Waals surface area contributed by atoms with Gasteiger partial charge >= 0.3 is 0 Å². The van der Waals surface area contributed by atoms with E-state index in [1.807, 2.05) is 24.3 Å². The Kier molecular flexibility index (Phi) is 5.83. The number of benzene rings is 1. The van der Waals surface area contributed by atoms with Crippen LogP contribution in [0.1, 0.15) is 42.6 Å². The number of nitrogens with zero attached hydrogens (tertiary/aromatic N) is 4. The van der Waals surface area contributed by atoms with E-state index in [4.69, 9.17) is 0 Å². The summed E-state index contributed by atoms with van der Waals surface area (Å²) in [7, 11) is 0. The molecule has 1 saturated heterocycles. The lowest BCUT2D eigenvalue weighted by Crippen LogP contribution is -2.46. The third-order valence-corrected chi connectivity index (χ3v) is 4.84. The highest BCUT2D eigenvalue weighted by molar-refractivity contribution is 6.03. The Morgan fingerprint density at radius 2 is 1.69 bits per heavy atom. The maximum atomic E-state index is 12.4. The van der Waals surface area contributed by atoms with Gasteiger partial charge in [0.05, 0.1) is 5.56 Å². The molecule has 26 heavy (non-hydrogen) atoms. The second-order valence-electron chi connectivity index (χ2n) is 6.92. The third-order valence-electron chi connectivity index (χ3n) is 4.84. The molecule has 0 radical (unpaired) electrons. The summed E-state index contributed by atoms with van der Waals surface area (Å²) in [6.07, 6.45) is 3.21. The Hall–Kier alpha value is -2.47. The molecule has 2 aromatic rings. The molecule has 1 N–H and O–H groups in total. The molecule has 0 saturated carbocycles. The molecule has 0 bridgehead atoms. The number of likely N-dealkylation sites (N-methyl/N-ethyl adjacent to an activating group) is 1. The molecular formula is C20H27N5O. The molecule has 1 aliphatic rings. The topological polar surface area (TPSA) is 61.4 Å². The van der Waals surface area contributed by atoms with Crippen LogP contribution in [0.3, 0.4) is 0 Å². The van der Waals surface area contributed by atoms with E-state index >= 15 is 0 Å². The van der Waals surface area contributed by atoms with Gasteiger partial charge in [-0.2, -0.15) is 0 Å². The maximum absolute atomic E-state index is 12.4. The number of hydrogen-bond donors (Lipinski definition) is 1. The summed E-state index contributed by atoms with van der Waals surface area (Å²) in [5, 5.41) is 2.90. The lowest BCUT2D eigenvalue weighted by atomic mass is 10.0. The fourth-order valence-corrected chi connectivity index (χ4v) is 3.02. The first-order chi connectivity index (χ1) is 12.6. The molecular weight excluding hydrogens is 326 g/mol. The first-order valence-electron chi connectivity index (χ1n) is 9.27. The van der Waals surface area contributed by atoms with Crippen LogP contribution in [0.2, 0.25) is 0 Å². The van der Waals surface area contributed by atoms with Crippen molar-refractivity contribution in [3.63, 3.8) is 0 Å². The van der Waals surface area contributed by atoms with Gasteiger partial charge in [-0.3, -0.25) is 4.79 Å². The molecule has 1 aromatic carbocycles. The molecule has 0 unspecified atom stereocenters. The SMILES string of the molecule is CCN1CCN(c2ncc(C(=O)Nc3ccc(C(C)C)cc3)cn2)CC1. The summed E-state index contributed by atoms with van der Waals surface area (Å²) in [6.45, 7) is 11.4. The van der Waals surface area contributed by atoms with Gasteiger partial charge in [0.2, 0.25) is 5.95 Å². The van der Waals surface area contributed by atoms with Crippen LogP contribution in [0.25, 0.3) is 0 Å². The van der Waals surface area contributed by atoms with Gasteiger partial charge < -0.3 is 15.1 Å². The van der Waals surface area contributed by atoms with Crippen LogP contribution >= 0.6 is 0 Å². The minimum Gasteiger partial charge on any atom is -0.338 e. The second-order valence-corrected chi connectivity index (χ2v) is 6.92. The lowest BCUT2D eigenvalue weighted by molar-refractivity contribution is 0.102. The van der Waals surface area contributed by atoms with Crippen molar-refractivity contribution in [2.75, 3.05) is 42.9 Å². The van der Waals surface area contributed by atoms with E-state index in [1.165, 1.54) is 5.56 Å². The van der Waals surface area contributed by atoms with Crippen molar-refractivity contribution in [3.8, 4) is 0 Å². The second kappa shape index (κ2) is 8.27. The fraction of sp³-hybridized carbons (Fsp3) is 0.450. The molecule has 1 amide bonds. The maximum Gasteiger partial charge on any atom is 0.258 e. The number of amides is 1. The number of piperazine rings is 1. The molecule has 0 atom stereocenters. The average molecular weight is 353 g/mol. The first-order valence-corrected chi connectivity index (χ1v) is 9.27. The van der Waals surface area contributed by atoms with Crippen molar-refractivity contribution in [2.45, 2.75) is 26.7 Å². The van der Waals surface area contributed by atoms with E-state index in [1.54, 1.807) is 12.4 Å². The zero-order valence-electron chi connectivity index (χ0n) is 15.8. The highest BCUT2D eigenvalue weighted by Gasteiger charge is 2.18. The summed E-state index contributed by atoms with van der Waals surface area (Å²) in [6, 6.07) is 7.93. The van der Waals surface area contributed by atoms with Crippen LogP contribution in [0.15, 0.2) is 36.7 Å². The Bertz CT molecular complexity index is 719. The standard InChI is InChI=1S/C20H27N5O/c1-4-24-9-11-25(12-10-24)20-21-13-17(14-22-20)19(26)23-18-7-5-16(6-8-18)15(2)3/h5-8,13-15H,4,9-12H2,1-3H3,(H,23,26). The number of aromatic nitrogens is 2. The van der Waals surface area contributed by atoms with Gasteiger partial charge in [-0.15, -0.1) is 0 Å². The van der Waals surface area contributed by atoms with E-state index in [-0.39, 0.29) is 5.91 Å². The van der Waals surface area contributed by atoms with E-state index < -0.39 is 0 Å². The molecule has 138 valence electrons. The number of nitrogens with one attached hydrogen (secondary N) is 1. The quantitative estimate of drug-likeness (QED) is 0.895. The summed E-state index contributed by atoms with van der Waals surface area (Å²) >= 11 is 0. The zero-order chi connectivity index (χ0) is 18.5. The van der Waals surface area contributed by atoms with Crippen molar-refractivity contribution in [3.05, 3.63) is 47.8 Å². The van der Waals surface area contributed by atoms with E-state index in [9.17, 15) is 4.79 Å². The average Bonchev–Trinajstić information content (AvgIpc) is 2.68. The first kappa shape index (κ1) is 18.3. The van der Waals surface area contributed by atoms with Crippen LogP contribution in [0, 0.1) is 0 Å². The monoisotopic (exact) mass is 353 g/mol. The van der Waals surface area contributed by atoms with Crippen molar-refractivity contribution in [1.29, 1.82) is 0 Å². The molecule has 1 aliphatic heterocycles. The summed E-state index contributed by atoms with van der Waals surface area (Å²) in [4.78, 5) is 25.7. The third kappa shape index (κ3) is 4.38. The highest BCUT2D eigenvalue weighted by Crippen LogP contribution is 2.18. The van der Waals surface area contributed by atoms with Crippen molar-refractivity contribution in [1.82, 2.24) is 14.9 Å². The molecule has 2 heterocycles. The minimum absolute atomic E-state index is 0.190. The molecule has 3 rings (SSSR count). The lowest BCUT2D eigenvalue weighted by Gasteiger charge is -2.33. The Labute approximate surface area is 155 Å². The molecule has 1 aromatic heterocycles. The number of anilines is 2. The summed E-state index contributed by atoms with van der Waals surface area (Å²) in [5.41, 5.74) is 2.49. The van der Waals surface area contributed by atoms with Gasteiger partial charge in [0.25, 0.3) is 5.91 Å². The predicted octanol–water partition coefficient (Wildman–Crippen LogP) is 2.99. The predicted molar refractivity (Wildman–Crippen MR) is 105 cm³/mol. The van der Waals surface area contributed by atoms with Gasteiger partial charge in [0.1, 0.15) is 0 Å². The summed E-state index contributed by atoms with van der Waals surface area (Å²) < 4.78 is 0. The van der Waals surface area contributed by atoms with Crippen LogP contribution in [0.4, 0.5) is 11.6 Å². The van der Waals surface area contributed by atoms with E-state index in [0.717, 1.165) is 38.4 Å². The largest absolute Gasteiger partial charge is 0.338 e. The Morgan fingerprint density at radius 3 is 2.23 bits per heavy atom. The van der Waals surface area contributed by atoms with E-state index in [0.29, 0.717) is 17.4 Å². The fourth-order valence-electron chi connectivity index (χ4n) is 3.02. The van der Waals surface area contributed by atoms with Gasteiger partial charge in [-0.05, 0) is 30.2 Å². The van der Waals surface area contributed by atoms with Crippen molar-refractivity contribution >= 4 is 17.5 Å². The Morgan fingerprint density at radius 1 is 1.08 bits per heavy atom. The number of hydrogen-bond acceptors (Lipinski definition) is 5. The zero-order valence-corrected chi connectivity index (χ0v) is 15.8. The molecule has 6 nitrogen and oxygen atoms in total. The molecule has 0 spiro atoms. The van der Waals surface area contributed by atoms with Crippen LogP contribution in [-0.2, 0) is 0 Å². The number of carbonyl (C=O) groups excluding carboxylic acids is 1. The van der Waals surface area contributed by atoms with Crippen LogP contribution in [0.5, 0.6) is 0 Å². The van der Waals surface area contributed by atoms with Crippen LogP contribution in [-0.4, -0.2) is 53.5 Å². The minimum atomic E-state index is -0.190. The van der Waals surface area contributed by atoms with E-state index in [2.05, 4.69) is 45.9 Å². The van der Waals surface area contributed by atoms with Crippen LogP contribution < -0.4 is 10.2 Å². The number of carbonyl (C=O) groups is 1. The molecule has 0 aliphatic carbocycles. The van der Waals surface area contributed by atoms with Gasteiger partial charge in [0, 0.05) is 44.3 Å². The normalized spacial score (nSPS) is 15.3.